The van der Waals surface area contributed by atoms with Crippen LogP contribution in [0.1, 0.15) is 34.3 Å². The van der Waals surface area contributed by atoms with E-state index in [0.29, 0.717) is 11.4 Å². The highest BCUT2D eigenvalue weighted by Gasteiger charge is 2.23. The summed E-state index contributed by atoms with van der Waals surface area (Å²) in [6.07, 6.45) is 6.35. The van der Waals surface area contributed by atoms with Gasteiger partial charge in [-0.05, 0) is 66.8 Å². The van der Waals surface area contributed by atoms with Crippen LogP contribution in [-0.4, -0.2) is 28.9 Å². The van der Waals surface area contributed by atoms with Crippen molar-refractivity contribution in [2.24, 2.45) is 0 Å². The number of nitro benzene ring substituents is 1. The van der Waals surface area contributed by atoms with Gasteiger partial charge in [0.1, 0.15) is 5.69 Å². The van der Waals surface area contributed by atoms with Crippen LogP contribution >= 0.6 is 0 Å². The summed E-state index contributed by atoms with van der Waals surface area (Å²) in [5.74, 6) is -0.368. The van der Waals surface area contributed by atoms with Crippen molar-refractivity contribution >= 4 is 23.0 Å². The lowest BCUT2D eigenvalue weighted by Gasteiger charge is -2.17. The molecule has 0 unspecified atom stereocenters. The van der Waals surface area contributed by atoms with E-state index in [-0.39, 0.29) is 17.2 Å². The molecular formula is C23H22N4O3. The zero-order chi connectivity index (χ0) is 20.9. The third kappa shape index (κ3) is 4.46. The summed E-state index contributed by atoms with van der Waals surface area (Å²) in [6, 6.07) is 16.2. The standard InChI is InChI=1S/C23H22N4O3/c28-23(19-5-8-21(22(16-19)27(29)30)26-13-1-2-14-26)25-20-6-3-17(4-7-20)15-18-9-11-24-12-10-18/h3-12,16H,1-2,13-15H2,(H,25,28). The van der Waals surface area contributed by atoms with E-state index in [9.17, 15) is 14.9 Å². The maximum Gasteiger partial charge on any atom is 0.293 e. The van der Waals surface area contributed by atoms with Gasteiger partial charge in [0.05, 0.1) is 4.92 Å². The number of anilines is 2. The van der Waals surface area contributed by atoms with Gasteiger partial charge in [-0.25, -0.2) is 0 Å². The predicted molar refractivity (Wildman–Crippen MR) is 116 cm³/mol. The zero-order valence-electron chi connectivity index (χ0n) is 16.5. The van der Waals surface area contributed by atoms with E-state index < -0.39 is 4.92 Å². The van der Waals surface area contributed by atoms with Gasteiger partial charge in [0.15, 0.2) is 0 Å². The molecule has 0 radical (unpaired) electrons. The first-order chi connectivity index (χ1) is 14.6. The molecule has 4 rings (SSSR count). The van der Waals surface area contributed by atoms with Crippen molar-refractivity contribution in [3.63, 3.8) is 0 Å². The number of aromatic nitrogens is 1. The second-order valence-corrected chi connectivity index (χ2v) is 7.34. The summed E-state index contributed by atoms with van der Waals surface area (Å²) >= 11 is 0. The topological polar surface area (TPSA) is 88.4 Å². The van der Waals surface area contributed by atoms with Crippen molar-refractivity contribution in [1.82, 2.24) is 4.98 Å². The Morgan fingerprint density at radius 1 is 1.00 bits per heavy atom. The van der Waals surface area contributed by atoms with Gasteiger partial charge >= 0.3 is 0 Å². The van der Waals surface area contributed by atoms with Crippen molar-refractivity contribution in [3.05, 3.63) is 93.8 Å². The highest BCUT2D eigenvalue weighted by molar-refractivity contribution is 6.05. The Hall–Kier alpha value is -3.74. The Balaban J connectivity index is 1.46. The molecule has 1 aliphatic heterocycles. The van der Waals surface area contributed by atoms with Gasteiger partial charge in [-0.1, -0.05) is 12.1 Å². The zero-order valence-corrected chi connectivity index (χ0v) is 16.5. The second-order valence-electron chi connectivity index (χ2n) is 7.34. The van der Waals surface area contributed by atoms with Crippen LogP contribution in [-0.2, 0) is 6.42 Å². The van der Waals surface area contributed by atoms with Gasteiger partial charge < -0.3 is 10.2 Å². The number of nitrogens with one attached hydrogen (secondary N) is 1. The number of nitro groups is 1. The second kappa shape index (κ2) is 8.73. The minimum absolute atomic E-state index is 0.0303. The number of rotatable bonds is 6. The molecule has 1 amide bonds. The summed E-state index contributed by atoms with van der Waals surface area (Å²) < 4.78 is 0. The van der Waals surface area contributed by atoms with Gasteiger partial charge in [-0.2, -0.15) is 0 Å². The normalized spacial score (nSPS) is 13.3. The largest absolute Gasteiger partial charge is 0.366 e. The SMILES string of the molecule is O=C(Nc1ccc(Cc2ccncc2)cc1)c1ccc(N2CCCC2)c([N+](=O)[O-])c1. The van der Waals surface area contributed by atoms with Crippen molar-refractivity contribution in [1.29, 1.82) is 0 Å². The molecule has 0 saturated carbocycles. The van der Waals surface area contributed by atoms with E-state index in [4.69, 9.17) is 0 Å². The average molecular weight is 402 g/mol. The molecule has 7 heteroatoms. The molecule has 1 saturated heterocycles. The molecule has 1 aromatic heterocycles. The molecule has 0 bridgehead atoms. The van der Waals surface area contributed by atoms with Crippen LogP contribution in [0.5, 0.6) is 0 Å². The molecule has 7 nitrogen and oxygen atoms in total. The maximum atomic E-state index is 12.6. The molecule has 1 N–H and O–H groups in total. The fraction of sp³-hybridized carbons (Fsp3) is 0.217. The number of pyridine rings is 1. The van der Waals surface area contributed by atoms with Gasteiger partial charge in [0.2, 0.25) is 0 Å². The first-order valence-electron chi connectivity index (χ1n) is 9.93. The van der Waals surface area contributed by atoms with Crippen LogP contribution in [0, 0.1) is 10.1 Å². The third-order valence-corrected chi connectivity index (χ3v) is 5.25. The summed E-state index contributed by atoms with van der Waals surface area (Å²) in [5, 5.41) is 14.4. The summed E-state index contributed by atoms with van der Waals surface area (Å²) in [4.78, 5) is 29.8. The van der Waals surface area contributed by atoms with E-state index in [1.165, 1.54) is 6.07 Å². The van der Waals surface area contributed by atoms with Crippen molar-refractivity contribution in [3.8, 4) is 0 Å². The van der Waals surface area contributed by atoms with E-state index in [1.807, 2.05) is 41.3 Å². The summed E-state index contributed by atoms with van der Waals surface area (Å²) in [7, 11) is 0. The minimum Gasteiger partial charge on any atom is -0.366 e. The van der Waals surface area contributed by atoms with E-state index >= 15 is 0 Å². The monoisotopic (exact) mass is 402 g/mol. The molecule has 1 aliphatic rings. The van der Waals surface area contributed by atoms with Gasteiger partial charge in [-0.3, -0.25) is 19.9 Å². The molecule has 30 heavy (non-hydrogen) atoms. The number of carbonyl (C=O) groups is 1. The highest BCUT2D eigenvalue weighted by atomic mass is 16.6. The van der Waals surface area contributed by atoms with E-state index in [0.717, 1.165) is 43.5 Å². The molecule has 0 spiro atoms. The van der Waals surface area contributed by atoms with Crippen molar-refractivity contribution in [2.75, 3.05) is 23.3 Å². The van der Waals surface area contributed by atoms with E-state index in [1.54, 1.807) is 24.5 Å². The summed E-state index contributed by atoms with van der Waals surface area (Å²) in [5.41, 5.74) is 3.74. The first-order valence-corrected chi connectivity index (χ1v) is 9.93. The molecule has 1 fully saturated rings. The fourth-order valence-corrected chi connectivity index (χ4v) is 3.68. The first kappa shape index (κ1) is 19.6. The van der Waals surface area contributed by atoms with Gasteiger partial charge in [0, 0.05) is 42.8 Å². The number of amides is 1. The molecular weight excluding hydrogens is 380 g/mol. The van der Waals surface area contributed by atoms with Gasteiger partial charge in [-0.15, -0.1) is 0 Å². The number of hydrogen-bond donors (Lipinski definition) is 1. The van der Waals surface area contributed by atoms with Crippen molar-refractivity contribution in [2.45, 2.75) is 19.3 Å². The van der Waals surface area contributed by atoms with Crippen LogP contribution in [0.25, 0.3) is 0 Å². The Morgan fingerprint density at radius 2 is 1.67 bits per heavy atom. The Labute approximate surface area is 174 Å². The molecule has 0 atom stereocenters. The number of benzene rings is 2. The highest BCUT2D eigenvalue weighted by Crippen LogP contribution is 2.32. The number of carbonyl (C=O) groups excluding carboxylic acids is 1. The Bertz CT molecular complexity index is 1050. The number of hydrogen-bond acceptors (Lipinski definition) is 5. The summed E-state index contributed by atoms with van der Waals surface area (Å²) in [6.45, 7) is 1.61. The number of nitrogens with zero attached hydrogens (tertiary/aromatic N) is 3. The van der Waals surface area contributed by atoms with Crippen LogP contribution in [0.4, 0.5) is 17.1 Å². The quantitative estimate of drug-likeness (QED) is 0.487. The smallest absolute Gasteiger partial charge is 0.293 e. The van der Waals surface area contributed by atoms with Crippen LogP contribution in [0.15, 0.2) is 67.0 Å². The van der Waals surface area contributed by atoms with Gasteiger partial charge in [0.25, 0.3) is 11.6 Å². The van der Waals surface area contributed by atoms with Crippen LogP contribution in [0.2, 0.25) is 0 Å². The molecule has 2 heterocycles. The molecule has 0 aliphatic carbocycles. The molecule has 2 aromatic carbocycles. The van der Waals surface area contributed by atoms with Crippen molar-refractivity contribution < 1.29 is 9.72 Å². The predicted octanol–water partition coefficient (Wildman–Crippen LogP) is 4.43. The lowest BCUT2D eigenvalue weighted by Crippen LogP contribution is -2.19. The van der Waals surface area contributed by atoms with Crippen LogP contribution in [0.3, 0.4) is 0 Å². The average Bonchev–Trinajstić information content (AvgIpc) is 3.30. The molecule has 152 valence electrons. The lowest BCUT2D eigenvalue weighted by molar-refractivity contribution is -0.384. The maximum absolute atomic E-state index is 12.6. The third-order valence-electron chi connectivity index (χ3n) is 5.25. The lowest BCUT2D eigenvalue weighted by atomic mass is 10.1. The Morgan fingerprint density at radius 3 is 2.33 bits per heavy atom. The minimum atomic E-state index is -0.418. The fourth-order valence-electron chi connectivity index (χ4n) is 3.68. The van der Waals surface area contributed by atoms with Crippen LogP contribution < -0.4 is 10.2 Å². The molecule has 3 aromatic rings. The van der Waals surface area contributed by atoms with E-state index in [2.05, 4.69) is 10.3 Å². The Kier molecular flexibility index (Phi) is 5.70.